The molecule has 38 heavy (non-hydrogen) atoms. The SMILES string of the molecule is COc1ccc(CO[C@@H]2[C@@H](N=[N+]=[N-])[C@H](SC)O[C@H](CO)[C@H]2OC(=O)c2ccccc2-c2ccccc2)cc1. The number of rotatable bonds is 10. The van der Waals surface area contributed by atoms with Crippen LogP contribution in [0.2, 0.25) is 0 Å². The average Bonchev–Trinajstić information content (AvgIpc) is 2.97. The molecule has 9 nitrogen and oxygen atoms in total. The third kappa shape index (κ3) is 6.30. The minimum Gasteiger partial charge on any atom is -0.497 e. The highest BCUT2D eigenvalue weighted by Gasteiger charge is 2.48. The highest BCUT2D eigenvalue weighted by molar-refractivity contribution is 7.99. The van der Waals surface area contributed by atoms with Crippen LogP contribution in [-0.4, -0.2) is 60.8 Å². The summed E-state index contributed by atoms with van der Waals surface area (Å²) < 4.78 is 23.5. The number of carbonyl (C=O) groups excluding carboxylic acids is 1. The summed E-state index contributed by atoms with van der Waals surface area (Å²) in [5.74, 6) is 0.107. The molecular formula is C28H29N3O6S. The predicted molar refractivity (Wildman–Crippen MR) is 145 cm³/mol. The van der Waals surface area contributed by atoms with Crippen molar-refractivity contribution in [3.05, 3.63) is 100 Å². The quantitative estimate of drug-likeness (QED) is 0.163. The van der Waals surface area contributed by atoms with Gasteiger partial charge in [0.25, 0.3) is 0 Å². The molecule has 1 aliphatic rings. The molecule has 5 atom stereocenters. The maximum absolute atomic E-state index is 13.5. The van der Waals surface area contributed by atoms with Crippen molar-refractivity contribution >= 4 is 17.7 Å². The Morgan fingerprint density at radius 1 is 1.05 bits per heavy atom. The molecule has 3 aromatic carbocycles. The second kappa shape index (κ2) is 13.3. The molecule has 4 rings (SSSR count). The van der Waals surface area contributed by atoms with Crippen molar-refractivity contribution in [2.75, 3.05) is 20.0 Å². The van der Waals surface area contributed by atoms with Crippen molar-refractivity contribution in [1.82, 2.24) is 0 Å². The number of hydrogen-bond acceptors (Lipinski definition) is 8. The smallest absolute Gasteiger partial charge is 0.339 e. The van der Waals surface area contributed by atoms with E-state index in [0.717, 1.165) is 11.1 Å². The second-order valence-corrected chi connectivity index (χ2v) is 9.50. The standard InChI is InChI=1S/C28H29N3O6S/c1-34-20-14-12-18(13-15-20)17-35-26-24(30-31-29)28(38-2)36-23(16-32)25(26)37-27(33)22-11-7-6-10-21(22)19-8-4-3-5-9-19/h3-15,23-26,28,32H,16-17H2,1-2H3/t23-,24-,25-,26-,28+/m1/s1. The highest BCUT2D eigenvalue weighted by atomic mass is 32.2. The normalized spacial score (nSPS) is 22.8. The van der Waals surface area contributed by atoms with Crippen LogP contribution in [-0.2, 0) is 20.8 Å². The van der Waals surface area contributed by atoms with Crippen molar-refractivity contribution in [2.24, 2.45) is 5.11 Å². The van der Waals surface area contributed by atoms with E-state index in [1.54, 1.807) is 19.2 Å². The van der Waals surface area contributed by atoms with E-state index in [1.165, 1.54) is 11.8 Å². The molecule has 1 saturated heterocycles. The average molecular weight is 536 g/mol. The van der Waals surface area contributed by atoms with Crippen LogP contribution in [0.25, 0.3) is 21.6 Å². The third-order valence-corrected chi connectivity index (χ3v) is 7.14. The van der Waals surface area contributed by atoms with Crippen LogP contribution in [0.1, 0.15) is 15.9 Å². The number of ether oxygens (including phenoxy) is 4. The molecule has 198 valence electrons. The van der Waals surface area contributed by atoms with Gasteiger partial charge in [-0.3, -0.25) is 0 Å². The topological polar surface area (TPSA) is 123 Å². The third-order valence-electron chi connectivity index (χ3n) is 6.29. The molecule has 0 unspecified atom stereocenters. The van der Waals surface area contributed by atoms with Crippen LogP contribution in [0.15, 0.2) is 84.0 Å². The molecule has 0 bridgehead atoms. The number of hydrogen-bond donors (Lipinski definition) is 1. The molecule has 0 radical (unpaired) electrons. The Bertz CT molecular complexity index is 1250. The fourth-order valence-corrected chi connectivity index (χ4v) is 5.12. The maximum Gasteiger partial charge on any atom is 0.339 e. The van der Waals surface area contributed by atoms with E-state index in [1.807, 2.05) is 73.0 Å². The maximum atomic E-state index is 13.5. The molecule has 1 aliphatic heterocycles. The Hall–Kier alpha value is -3.53. The number of azide groups is 1. The highest BCUT2D eigenvalue weighted by Crippen LogP contribution is 2.34. The summed E-state index contributed by atoms with van der Waals surface area (Å²) in [7, 11) is 1.59. The van der Waals surface area contributed by atoms with E-state index < -0.39 is 42.4 Å². The Balaban J connectivity index is 1.64. The van der Waals surface area contributed by atoms with E-state index in [2.05, 4.69) is 10.0 Å². The van der Waals surface area contributed by atoms with E-state index >= 15 is 0 Å². The van der Waals surface area contributed by atoms with E-state index in [9.17, 15) is 15.4 Å². The molecule has 0 aromatic heterocycles. The number of nitrogens with zero attached hydrogens (tertiary/aromatic N) is 3. The molecule has 0 saturated carbocycles. The molecule has 1 heterocycles. The first-order valence-corrected chi connectivity index (χ1v) is 13.3. The number of carbonyl (C=O) groups is 1. The van der Waals surface area contributed by atoms with E-state index in [-0.39, 0.29) is 6.61 Å². The summed E-state index contributed by atoms with van der Waals surface area (Å²) in [4.78, 5) is 16.5. The number of benzene rings is 3. The van der Waals surface area contributed by atoms with E-state index in [4.69, 9.17) is 18.9 Å². The van der Waals surface area contributed by atoms with Crippen LogP contribution < -0.4 is 4.74 Å². The fourth-order valence-electron chi connectivity index (χ4n) is 4.38. The summed E-state index contributed by atoms with van der Waals surface area (Å²) in [5.41, 5.74) is 11.5. The molecule has 1 fully saturated rings. The van der Waals surface area contributed by atoms with Crippen LogP contribution in [0.4, 0.5) is 0 Å². The molecular weight excluding hydrogens is 506 g/mol. The van der Waals surface area contributed by atoms with Gasteiger partial charge in [-0.25, -0.2) is 4.79 Å². The van der Waals surface area contributed by atoms with Crippen molar-refractivity contribution < 1.29 is 28.8 Å². The van der Waals surface area contributed by atoms with Gasteiger partial charge in [0.2, 0.25) is 0 Å². The van der Waals surface area contributed by atoms with Gasteiger partial charge in [0.15, 0.2) is 6.10 Å². The first-order valence-electron chi connectivity index (χ1n) is 12.0. The first kappa shape index (κ1) is 27.5. The number of esters is 1. The van der Waals surface area contributed by atoms with Gasteiger partial charge in [0.1, 0.15) is 29.4 Å². The predicted octanol–water partition coefficient (Wildman–Crippen LogP) is 5.23. The molecule has 0 amide bonds. The van der Waals surface area contributed by atoms with Gasteiger partial charge in [-0.2, -0.15) is 0 Å². The Morgan fingerprint density at radius 2 is 1.76 bits per heavy atom. The molecule has 1 N–H and O–H groups in total. The lowest BCUT2D eigenvalue weighted by atomic mass is 9.97. The minimum absolute atomic E-state index is 0.153. The van der Waals surface area contributed by atoms with Crippen molar-refractivity contribution in [1.29, 1.82) is 0 Å². The molecule has 0 spiro atoms. The number of aliphatic hydroxyl groups excluding tert-OH is 1. The molecule has 10 heteroatoms. The summed E-state index contributed by atoms with van der Waals surface area (Å²) in [5, 5.41) is 14.1. The zero-order valence-electron chi connectivity index (χ0n) is 21.0. The molecule has 0 aliphatic carbocycles. The zero-order chi connectivity index (χ0) is 26.9. The molecule has 3 aromatic rings. The number of thioether (sulfide) groups is 1. The monoisotopic (exact) mass is 535 g/mol. The van der Waals surface area contributed by atoms with E-state index in [0.29, 0.717) is 16.9 Å². The van der Waals surface area contributed by atoms with Gasteiger partial charge in [-0.1, -0.05) is 65.8 Å². The van der Waals surface area contributed by atoms with Crippen LogP contribution in [0.5, 0.6) is 5.75 Å². The van der Waals surface area contributed by atoms with Crippen molar-refractivity contribution in [3.8, 4) is 16.9 Å². The lowest BCUT2D eigenvalue weighted by Gasteiger charge is -2.43. The summed E-state index contributed by atoms with van der Waals surface area (Å²) in [6, 6.07) is 23.2. The Labute approximate surface area is 225 Å². The Morgan fingerprint density at radius 3 is 2.42 bits per heavy atom. The zero-order valence-corrected chi connectivity index (χ0v) is 21.9. The summed E-state index contributed by atoms with van der Waals surface area (Å²) in [6.07, 6.45) is -0.980. The van der Waals surface area contributed by atoms with Gasteiger partial charge >= 0.3 is 5.97 Å². The first-order chi connectivity index (χ1) is 18.6. The van der Waals surface area contributed by atoms with Crippen molar-refractivity contribution in [3.63, 3.8) is 0 Å². The Kier molecular flexibility index (Phi) is 9.64. The fraction of sp³-hybridized carbons (Fsp3) is 0.321. The van der Waals surface area contributed by atoms with Gasteiger partial charge in [-0.15, -0.1) is 11.8 Å². The lowest BCUT2D eigenvalue weighted by molar-refractivity contribution is -0.186. The van der Waals surface area contributed by atoms with Gasteiger partial charge < -0.3 is 24.1 Å². The van der Waals surface area contributed by atoms with Crippen LogP contribution in [0.3, 0.4) is 0 Å². The minimum atomic E-state index is -1.03. The van der Waals surface area contributed by atoms with Crippen LogP contribution in [0, 0.1) is 0 Å². The number of aliphatic hydroxyl groups is 1. The lowest BCUT2D eigenvalue weighted by Crippen LogP contribution is -2.59. The van der Waals surface area contributed by atoms with Crippen LogP contribution >= 0.6 is 11.8 Å². The summed E-state index contributed by atoms with van der Waals surface area (Å²) >= 11 is 1.33. The van der Waals surface area contributed by atoms with Gasteiger partial charge in [-0.05, 0) is 46.7 Å². The summed E-state index contributed by atoms with van der Waals surface area (Å²) in [6.45, 7) is -0.263. The van der Waals surface area contributed by atoms with Gasteiger partial charge in [0.05, 0.1) is 25.9 Å². The second-order valence-electron chi connectivity index (χ2n) is 8.56. The number of methoxy groups -OCH3 is 1. The van der Waals surface area contributed by atoms with Gasteiger partial charge in [0, 0.05) is 4.91 Å². The largest absolute Gasteiger partial charge is 0.497 e. The van der Waals surface area contributed by atoms with Crippen molar-refractivity contribution in [2.45, 2.75) is 36.4 Å².